The van der Waals surface area contributed by atoms with Crippen LogP contribution in [0.15, 0.2) is 45.6 Å². The summed E-state index contributed by atoms with van der Waals surface area (Å²) in [6.45, 7) is 6.51. The van der Waals surface area contributed by atoms with Gasteiger partial charge >= 0.3 is 23.8 Å². The number of likely N-dealkylation sites (tertiary alicyclic amines) is 4. The van der Waals surface area contributed by atoms with Crippen molar-refractivity contribution < 1.29 is 37.9 Å². The third-order valence-corrected chi connectivity index (χ3v) is 12.8. The number of urea groups is 1. The number of oxazole rings is 1. The van der Waals surface area contributed by atoms with Gasteiger partial charge in [0.05, 0.1) is 12.1 Å². The zero-order valence-electron chi connectivity index (χ0n) is 33.8. The van der Waals surface area contributed by atoms with Gasteiger partial charge in [-0.15, -0.1) is 0 Å². The number of anilines is 1. The van der Waals surface area contributed by atoms with Crippen LogP contribution in [0.5, 0.6) is 0 Å². The Hall–Kier alpha value is -5.38. The molecular formula is C43H55N7O9. The van der Waals surface area contributed by atoms with Crippen LogP contribution in [-0.2, 0) is 36.7 Å². The van der Waals surface area contributed by atoms with Crippen molar-refractivity contribution in [1.29, 1.82) is 0 Å². The number of carbonyl (C=O) groups is 5. The Labute approximate surface area is 343 Å². The van der Waals surface area contributed by atoms with Crippen molar-refractivity contribution in [1.82, 2.24) is 29.5 Å². The van der Waals surface area contributed by atoms with Gasteiger partial charge < -0.3 is 38.8 Å². The number of aromatic amines is 1. The van der Waals surface area contributed by atoms with Crippen LogP contribution in [-0.4, -0.2) is 143 Å². The highest BCUT2D eigenvalue weighted by Crippen LogP contribution is 2.29. The van der Waals surface area contributed by atoms with E-state index in [-0.39, 0.29) is 55.0 Å². The molecule has 16 nitrogen and oxygen atoms in total. The van der Waals surface area contributed by atoms with E-state index < -0.39 is 18.0 Å². The Morgan fingerprint density at radius 2 is 1.63 bits per heavy atom. The quantitative estimate of drug-likeness (QED) is 0.212. The fourth-order valence-corrected chi connectivity index (χ4v) is 9.67. The first-order valence-electron chi connectivity index (χ1n) is 21.3. The second-order valence-electron chi connectivity index (χ2n) is 16.6. The molecule has 316 valence electrons. The van der Waals surface area contributed by atoms with E-state index in [1.807, 2.05) is 47.1 Å². The van der Waals surface area contributed by atoms with Gasteiger partial charge in [-0.1, -0.05) is 24.3 Å². The number of aryl methyl sites for hydroxylation is 1. The minimum absolute atomic E-state index is 0.0402. The highest BCUT2D eigenvalue weighted by molar-refractivity contribution is 5.91. The summed E-state index contributed by atoms with van der Waals surface area (Å²) in [5, 5.41) is 3.04. The number of nitrogens with one attached hydrogen (secondary N) is 2. The van der Waals surface area contributed by atoms with Gasteiger partial charge in [-0.05, 0) is 100 Å². The zero-order valence-corrected chi connectivity index (χ0v) is 33.8. The Morgan fingerprint density at radius 1 is 0.864 bits per heavy atom. The van der Waals surface area contributed by atoms with E-state index in [2.05, 4.69) is 15.2 Å². The molecule has 0 radical (unpaired) electrons. The number of carbonyl (C=O) groups excluding carboxylic acids is 5. The lowest BCUT2D eigenvalue weighted by Gasteiger charge is -2.40. The van der Waals surface area contributed by atoms with Crippen molar-refractivity contribution in [3.8, 4) is 0 Å². The van der Waals surface area contributed by atoms with Crippen LogP contribution >= 0.6 is 0 Å². The molecule has 3 aromatic rings. The minimum atomic E-state index is -1.13. The van der Waals surface area contributed by atoms with Gasteiger partial charge in [0, 0.05) is 76.4 Å². The number of fused-ring (bicyclic) bond motifs is 2. The lowest BCUT2D eigenvalue weighted by molar-refractivity contribution is -0.151. The topological polar surface area (TPSA) is 178 Å². The molecule has 8 rings (SSSR count). The number of nitrogens with zero attached hydrogens (tertiary/aromatic N) is 5. The third kappa shape index (κ3) is 9.12. The molecule has 0 unspecified atom stereocenters. The SMILES string of the molecule is Cc1cc(C[C@@H](OC(=O)N2CCC(N3CCc4ccccc4NC3=O)CC2)C(=O)N2CCC(N3CCC[C@H]3C(=O)OCCCN3CCCC3=O)CC2)cc2oc(=O)[nH]c12. The van der Waals surface area contributed by atoms with E-state index in [1.165, 1.54) is 0 Å². The summed E-state index contributed by atoms with van der Waals surface area (Å²) >= 11 is 0. The highest BCUT2D eigenvalue weighted by atomic mass is 16.6. The normalized spacial score (nSPS) is 21.4. The molecule has 16 heteroatoms. The number of para-hydroxylation sites is 1. The number of H-pyrrole nitrogens is 1. The van der Waals surface area contributed by atoms with Crippen LogP contribution < -0.4 is 11.1 Å². The van der Waals surface area contributed by atoms with Crippen molar-refractivity contribution in [3.63, 3.8) is 0 Å². The Bertz CT molecular complexity index is 2100. The molecule has 2 atom stereocenters. The number of benzene rings is 2. The Balaban J connectivity index is 0.882. The molecule has 2 aromatic carbocycles. The predicted octanol–water partition coefficient (Wildman–Crippen LogP) is 4.04. The van der Waals surface area contributed by atoms with Crippen LogP contribution in [0.4, 0.5) is 15.3 Å². The molecule has 6 heterocycles. The highest BCUT2D eigenvalue weighted by Gasteiger charge is 2.40. The lowest BCUT2D eigenvalue weighted by atomic mass is 9.99. The smallest absolute Gasteiger partial charge is 0.417 e. The lowest BCUT2D eigenvalue weighted by Crippen LogP contribution is -2.53. The molecule has 4 saturated heterocycles. The number of rotatable bonds is 11. The van der Waals surface area contributed by atoms with E-state index >= 15 is 0 Å². The third-order valence-electron chi connectivity index (χ3n) is 12.8. The molecule has 5 amide bonds. The van der Waals surface area contributed by atoms with Crippen LogP contribution in [0, 0.1) is 6.92 Å². The molecular weight excluding hydrogens is 759 g/mol. The first kappa shape index (κ1) is 40.4. The first-order chi connectivity index (χ1) is 28.6. The molecule has 0 aliphatic carbocycles. The van der Waals surface area contributed by atoms with Crippen molar-refractivity contribution >= 4 is 46.7 Å². The summed E-state index contributed by atoms with van der Waals surface area (Å²) in [5.41, 5.74) is 4.33. The van der Waals surface area contributed by atoms with E-state index in [9.17, 15) is 28.8 Å². The number of ether oxygens (including phenoxy) is 2. The molecule has 5 aliphatic rings. The van der Waals surface area contributed by atoms with Gasteiger partial charge in [0.1, 0.15) is 6.04 Å². The van der Waals surface area contributed by atoms with Gasteiger partial charge in [-0.2, -0.15) is 0 Å². The van der Waals surface area contributed by atoms with Crippen molar-refractivity contribution in [2.24, 2.45) is 0 Å². The van der Waals surface area contributed by atoms with Crippen molar-refractivity contribution in [2.75, 3.05) is 64.3 Å². The fourth-order valence-electron chi connectivity index (χ4n) is 9.67. The average Bonchev–Trinajstić information content (AvgIpc) is 3.97. The van der Waals surface area contributed by atoms with Crippen molar-refractivity contribution in [3.05, 3.63) is 63.6 Å². The number of esters is 1. The molecule has 2 N–H and O–H groups in total. The van der Waals surface area contributed by atoms with E-state index in [1.54, 1.807) is 15.9 Å². The summed E-state index contributed by atoms with van der Waals surface area (Å²) in [4.78, 5) is 90.5. The van der Waals surface area contributed by atoms with Gasteiger partial charge in [0.15, 0.2) is 11.7 Å². The molecule has 4 fully saturated rings. The van der Waals surface area contributed by atoms with Crippen LogP contribution in [0.3, 0.4) is 0 Å². The average molecular weight is 814 g/mol. The summed E-state index contributed by atoms with van der Waals surface area (Å²) in [6, 6.07) is 11.0. The second kappa shape index (κ2) is 17.9. The first-order valence-corrected chi connectivity index (χ1v) is 21.3. The Morgan fingerprint density at radius 3 is 2.41 bits per heavy atom. The zero-order chi connectivity index (χ0) is 41.0. The van der Waals surface area contributed by atoms with Gasteiger partial charge in [-0.3, -0.25) is 24.3 Å². The van der Waals surface area contributed by atoms with E-state index in [4.69, 9.17) is 13.9 Å². The second-order valence-corrected chi connectivity index (χ2v) is 16.6. The number of hydrogen-bond acceptors (Lipinski definition) is 10. The molecule has 0 spiro atoms. The molecule has 1 aromatic heterocycles. The summed E-state index contributed by atoms with van der Waals surface area (Å²) < 4.78 is 17.1. The largest absolute Gasteiger partial charge is 0.464 e. The minimum Gasteiger partial charge on any atom is -0.464 e. The van der Waals surface area contributed by atoms with Crippen LogP contribution in [0.2, 0.25) is 0 Å². The molecule has 0 saturated carbocycles. The summed E-state index contributed by atoms with van der Waals surface area (Å²) in [6.07, 6.45) is 5.32. The number of aromatic nitrogens is 1. The molecule has 0 bridgehead atoms. The van der Waals surface area contributed by atoms with Crippen LogP contribution in [0.1, 0.15) is 74.5 Å². The maximum absolute atomic E-state index is 14.3. The fraction of sp³-hybridized carbons (Fsp3) is 0.581. The van der Waals surface area contributed by atoms with Crippen LogP contribution in [0.25, 0.3) is 11.1 Å². The van der Waals surface area contributed by atoms with Crippen molar-refractivity contribution in [2.45, 2.75) is 102 Å². The maximum atomic E-state index is 14.3. The summed E-state index contributed by atoms with van der Waals surface area (Å²) in [7, 11) is 0. The van der Waals surface area contributed by atoms with E-state index in [0.29, 0.717) is 94.5 Å². The monoisotopic (exact) mass is 813 g/mol. The van der Waals surface area contributed by atoms with Gasteiger partial charge in [0.25, 0.3) is 5.91 Å². The van der Waals surface area contributed by atoms with Gasteiger partial charge in [0.2, 0.25) is 5.91 Å². The Kier molecular flexibility index (Phi) is 12.2. The number of amides is 5. The van der Waals surface area contributed by atoms with E-state index in [0.717, 1.165) is 55.6 Å². The predicted molar refractivity (Wildman–Crippen MR) is 217 cm³/mol. The molecule has 5 aliphatic heterocycles. The van der Waals surface area contributed by atoms with Gasteiger partial charge in [-0.25, -0.2) is 14.4 Å². The number of hydrogen-bond donors (Lipinski definition) is 2. The number of piperidine rings is 2. The summed E-state index contributed by atoms with van der Waals surface area (Å²) in [5.74, 6) is -0.930. The molecule has 59 heavy (non-hydrogen) atoms. The standard InChI is InChI=1S/C43H55N7O9/c1-28-25-29(26-35-38(28)45-42(55)58-35)27-36(59-43(56)48-21-14-32(15-22-48)50-23-11-30-7-2-3-8-33(30)44-41(50)54)39(52)47-19-12-31(13-20-47)49-18-4-9-34(49)40(53)57-24-6-17-46-16-5-10-37(46)51/h2-3,7-8,25-26,31-32,34,36H,4-6,9-24,27H2,1H3,(H,44,54)(H,45,55)/t34-,36+/m0/s1. The maximum Gasteiger partial charge on any atom is 0.417 e.